The van der Waals surface area contributed by atoms with E-state index in [4.69, 9.17) is 4.74 Å². The smallest absolute Gasteiger partial charge is 0.313 e. The predicted octanol–water partition coefficient (Wildman–Crippen LogP) is 9.06. The SMILES string of the molecule is CCCCCCCCCCCCCOC(=O)C(CC(C)(C)C)c1ccc(O)c(C(C)(C)C)c1. The van der Waals surface area contributed by atoms with Crippen molar-refractivity contribution in [1.29, 1.82) is 0 Å². The van der Waals surface area contributed by atoms with E-state index in [2.05, 4.69) is 48.5 Å². The van der Waals surface area contributed by atoms with E-state index in [1.165, 1.54) is 57.8 Å². The largest absolute Gasteiger partial charge is 0.508 e. The Labute approximate surface area is 204 Å². The molecule has 1 N–H and O–H groups in total. The summed E-state index contributed by atoms with van der Waals surface area (Å²) in [4.78, 5) is 13.1. The molecule has 3 nitrogen and oxygen atoms in total. The minimum Gasteiger partial charge on any atom is -0.508 e. The third-order valence-corrected chi connectivity index (χ3v) is 6.32. The number of phenols is 1. The summed E-state index contributed by atoms with van der Waals surface area (Å²) in [7, 11) is 0. The Hall–Kier alpha value is -1.51. The monoisotopic (exact) mass is 460 g/mol. The highest BCUT2D eigenvalue weighted by Gasteiger charge is 2.29. The summed E-state index contributed by atoms with van der Waals surface area (Å²) in [6.45, 7) is 15.5. The molecule has 33 heavy (non-hydrogen) atoms. The van der Waals surface area contributed by atoms with Gasteiger partial charge < -0.3 is 9.84 Å². The van der Waals surface area contributed by atoms with Gasteiger partial charge in [0.25, 0.3) is 0 Å². The molecule has 0 aliphatic heterocycles. The summed E-state index contributed by atoms with van der Waals surface area (Å²) in [5.41, 5.74) is 1.62. The number of esters is 1. The van der Waals surface area contributed by atoms with Gasteiger partial charge in [-0.25, -0.2) is 0 Å². The van der Waals surface area contributed by atoms with Gasteiger partial charge in [0, 0.05) is 0 Å². The van der Waals surface area contributed by atoms with Crippen LogP contribution in [0.15, 0.2) is 18.2 Å². The highest BCUT2D eigenvalue weighted by molar-refractivity contribution is 5.78. The Kier molecular flexibility index (Phi) is 13.1. The van der Waals surface area contributed by atoms with E-state index in [9.17, 15) is 9.90 Å². The number of rotatable bonds is 15. The summed E-state index contributed by atoms with van der Waals surface area (Å²) >= 11 is 0. The van der Waals surface area contributed by atoms with Crippen molar-refractivity contribution < 1.29 is 14.6 Å². The molecule has 0 radical (unpaired) electrons. The molecule has 190 valence electrons. The molecule has 0 aliphatic carbocycles. The Bertz CT molecular complexity index is 679. The number of carbonyl (C=O) groups is 1. The fourth-order valence-electron chi connectivity index (χ4n) is 4.36. The van der Waals surface area contributed by atoms with Crippen LogP contribution in [0.1, 0.15) is 143 Å². The van der Waals surface area contributed by atoms with Gasteiger partial charge in [0.05, 0.1) is 12.5 Å². The zero-order chi connectivity index (χ0) is 24.9. The van der Waals surface area contributed by atoms with E-state index in [0.29, 0.717) is 6.61 Å². The van der Waals surface area contributed by atoms with Gasteiger partial charge in [-0.15, -0.1) is 0 Å². The van der Waals surface area contributed by atoms with Gasteiger partial charge in [-0.2, -0.15) is 0 Å². The minimum atomic E-state index is -0.306. The van der Waals surface area contributed by atoms with Crippen molar-refractivity contribution in [2.24, 2.45) is 5.41 Å². The van der Waals surface area contributed by atoms with Crippen molar-refractivity contribution in [3.05, 3.63) is 29.3 Å². The average Bonchev–Trinajstić information content (AvgIpc) is 2.71. The molecule has 1 rings (SSSR count). The molecule has 0 saturated heterocycles. The van der Waals surface area contributed by atoms with Crippen LogP contribution >= 0.6 is 0 Å². The second-order valence-corrected chi connectivity index (χ2v) is 12.0. The number of carbonyl (C=O) groups excluding carboxylic acids is 1. The van der Waals surface area contributed by atoms with Crippen molar-refractivity contribution in [3.8, 4) is 5.75 Å². The topological polar surface area (TPSA) is 46.5 Å². The molecule has 1 aromatic carbocycles. The molecule has 1 unspecified atom stereocenters. The van der Waals surface area contributed by atoms with E-state index >= 15 is 0 Å². The summed E-state index contributed by atoms with van der Waals surface area (Å²) in [6.07, 6.45) is 14.8. The molecule has 0 saturated carbocycles. The van der Waals surface area contributed by atoms with Crippen molar-refractivity contribution >= 4 is 5.97 Å². The van der Waals surface area contributed by atoms with Crippen LogP contribution in [0.25, 0.3) is 0 Å². The van der Waals surface area contributed by atoms with Crippen molar-refractivity contribution in [2.75, 3.05) is 6.61 Å². The molecular formula is C30H52O3. The highest BCUT2D eigenvalue weighted by atomic mass is 16.5. The zero-order valence-corrected chi connectivity index (χ0v) is 22.8. The molecular weight excluding hydrogens is 408 g/mol. The Morgan fingerprint density at radius 1 is 0.848 bits per heavy atom. The molecule has 0 aliphatic rings. The van der Waals surface area contributed by atoms with Crippen LogP contribution < -0.4 is 0 Å². The van der Waals surface area contributed by atoms with E-state index in [1.807, 2.05) is 12.1 Å². The van der Waals surface area contributed by atoms with Crippen LogP contribution in [0.4, 0.5) is 0 Å². The van der Waals surface area contributed by atoms with Gasteiger partial charge in [-0.05, 0) is 40.9 Å². The number of hydrogen-bond acceptors (Lipinski definition) is 3. The van der Waals surface area contributed by atoms with E-state index in [1.54, 1.807) is 6.07 Å². The minimum absolute atomic E-state index is 0.00000788. The normalized spacial score (nSPS) is 13.2. The molecule has 0 spiro atoms. The first-order valence-corrected chi connectivity index (χ1v) is 13.5. The number of hydrogen-bond donors (Lipinski definition) is 1. The molecule has 3 heteroatoms. The van der Waals surface area contributed by atoms with Crippen LogP contribution in [0.5, 0.6) is 5.75 Å². The van der Waals surface area contributed by atoms with Crippen LogP contribution in [0.2, 0.25) is 0 Å². The Morgan fingerprint density at radius 3 is 1.85 bits per heavy atom. The molecule has 0 aromatic heterocycles. The molecule has 1 aromatic rings. The van der Waals surface area contributed by atoms with E-state index < -0.39 is 0 Å². The quantitative estimate of drug-likeness (QED) is 0.210. The standard InChI is InChI=1S/C30H52O3/c1-8-9-10-11-12-13-14-15-16-17-18-21-33-28(32)25(23-29(2,3)4)24-19-20-27(31)26(22-24)30(5,6)7/h19-20,22,25,31H,8-18,21,23H2,1-7H3. The summed E-state index contributed by atoms with van der Waals surface area (Å²) in [5.74, 6) is -0.156. The fourth-order valence-corrected chi connectivity index (χ4v) is 4.36. The first-order chi connectivity index (χ1) is 15.5. The lowest BCUT2D eigenvalue weighted by atomic mass is 9.79. The van der Waals surface area contributed by atoms with Crippen molar-refractivity contribution in [2.45, 2.75) is 137 Å². The first-order valence-electron chi connectivity index (χ1n) is 13.5. The predicted molar refractivity (Wildman–Crippen MR) is 141 cm³/mol. The van der Waals surface area contributed by atoms with E-state index in [-0.39, 0.29) is 28.5 Å². The number of benzene rings is 1. The number of aromatic hydroxyl groups is 1. The van der Waals surface area contributed by atoms with Gasteiger partial charge in [0.15, 0.2) is 0 Å². The summed E-state index contributed by atoms with van der Waals surface area (Å²) in [5, 5.41) is 10.3. The molecule has 0 bridgehead atoms. The Morgan fingerprint density at radius 2 is 1.36 bits per heavy atom. The lowest BCUT2D eigenvalue weighted by Crippen LogP contribution is -2.23. The van der Waals surface area contributed by atoms with Gasteiger partial charge in [0.1, 0.15) is 5.75 Å². The van der Waals surface area contributed by atoms with Crippen LogP contribution in [0.3, 0.4) is 0 Å². The van der Waals surface area contributed by atoms with Gasteiger partial charge in [-0.3, -0.25) is 4.79 Å². The average molecular weight is 461 g/mol. The second-order valence-electron chi connectivity index (χ2n) is 12.0. The molecule has 1 atom stereocenters. The zero-order valence-electron chi connectivity index (χ0n) is 22.8. The maximum Gasteiger partial charge on any atom is 0.313 e. The molecule has 0 fully saturated rings. The summed E-state index contributed by atoms with van der Waals surface area (Å²) < 4.78 is 5.74. The van der Waals surface area contributed by atoms with Crippen LogP contribution in [-0.2, 0) is 14.9 Å². The van der Waals surface area contributed by atoms with Crippen LogP contribution in [-0.4, -0.2) is 17.7 Å². The van der Waals surface area contributed by atoms with Crippen molar-refractivity contribution in [1.82, 2.24) is 0 Å². The summed E-state index contributed by atoms with van der Waals surface area (Å²) in [6, 6.07) is 5.60. The molecule has 0 amide bonds. The third-order valence-electron chi connectivity index (χ3n) is 6.32. The maximum absolute atomic E-state index is 13.1. The Balaban J connectivity index is 2.50. The second kappa shape index (κ2) is 14.7. The number of phenolic OH excluding ortho intramolecular Hbond substituents is 1. The lowest BCUT2D eigenvalue weighted by Gasteiger charge is -2.27. The van der Waals surface area contributed by atoms with E-state index in [0.717, 1.165) is 30.4 Å². The lowest BCUT2D eigenvalue weighted by molar-refractivity contribution is -0.146. The third kappa shape index (κ3) is 12.5. The molecule has 0 heterocycles. The van der Waals surface area contributed by atoms with Gasteiger partial charge >= 0.3 is 5.97 Å². The highest BCUT2D eigenvalue weighted by Crippen LogP contribution is 2.37. The number of ether oxygens (including phenoxy) is 1. The maximum atomic E-state index is 13.1. The van der Waals surface area contributed by atoms with Crippen LogP contribution in [0, 0.1) is 5.41 Å². The fraction of sp³-hybridized carbons (Fsp3) is 0.767. The van der Waals surface area contributed by atoms with Gasteiger partial charge in [0.2, 0.25) is 0 Å². The first kappa shape index (κ1) is 29.5. The van der Waals surface area contributed by atoms with Crippen molar-refractivity contribution in [3.63, 3.8) is 0 Å². The number of unbranched alkanes of at least 4 members (excludes halogenated alkanes) is 10. The van der Waals surface area contributed by atoms with Gasteiger partial charge in [-0.1, -0.05) is 125 Å².